The summed E-state index contributed by atoms with van der Waals surface area (Å²) in [5.41, 5.74) is 0. The van der Waals surface area contributed by atoms with Gasteiger partial charge in [-0.1, -0.05) is 13.8 Å². The van der Waals surface area contributed by atoms with Gasteiger partial charge in [0.25, 0.3) is 0 Å². The highest BCUT2D eigenvalue weighted by Crippen LogP contribution is 2.05. The van der Waals surface area contributed by atoms with Gasteiger partial charge in [0.15, 0.2) is 0 Å². The van der Waals surface area contributed by atoms with Gasteiger partial charge in [0.1, 0.15) is 0 Å². The number of carbonyl (C=O) groups is 2. The third-order valence-corrected chi connectivity index (χ3v) is 2.74. The predicted octanol–water partition coefficient (Wildman–Crippen LogP) is 0.0169. The second-order valence-corrected chi connectivity index (χ2v) is 4.97. The van der Waals surface area contributed by atoms with Crippen LogP contribution in [-0.2, 0) is 9.59 Å². The minimum atomic E-state index is 0.00311. The lowest BCUT2D eigenvalue weighted by Gasteiger charge is -2.15. The maximum Gasteiger partial charge on any atom is 0.233 e. The molecular weight excluding hydrogens is 218 g/mol. The molecule has 1 aliphatic rings. The number of rotatable bonds is 5. The van der Waals surface area contributed by atoms with Crippen molar-refractivity contribution in [2.45, 2.75) is 39.2 Å². The highest BCUT2D eigenvalue weighted by Gasteiger charge is 2.17. The van der Waals surface area contributed by atoms with E-state index in [2.05, 4.69) is 29.8 Å². The molecule has 1 rings (SSSR count). The van der Waals surface area contributed by atoms with Gasteiger partial charge in [-0.05, 0) is 18.8 Å². The summed E-state index contributed by atoms with van der Waals surface area (Å²) in [6, 6.07) is 0.127. The topological polar surface area (TPSA) is 70.2 Å². The van der Waals surface area contributed by atoms with Crippen LogP contribution in [0, 0.1) is 5.92 Å². The van der Waals surface area contributed by atoms with Crippen LogP contribution in [0.1, 0.15) is 33.1 Å². The fourth-order valence-electron chi connectivity index (χ4n) is 1.77. The highest BCUT2D eigenvalue weighted by atomic mass is 16.2. The molecule has 1 fully saturated rings. The minimum Gasteiger partial charge on any atom is -0.356 e. The molecule has 0 radical (unpaired) electrons. The molecule has 5 nitrogen and oxygen atoms in total. The van der Waals surface area contributed by atoms with Gasteiger partial charge in [0.2, 0.25) is 11.8 Å². The van der Waals surface area contributed by atoms with E-state index in [1.54, 1.807) is 0 Å². The molecule has 0 aromatic rings. The summed E-state index contributed by atoms with van der Waals surface area (Å²) in [6.07, 6.45) is 2.38. The quantitative estimate of drug-likeness (QED) is 0.635. The fraction of sp³-hybridized carbons (Fsp3) is 0.833. The molecule has 0 aliphatic carbocycles. The van der Waals surface area contributed by atoms with E-state index in [4.69, 9.17) is 0 Å². The van der Waals surface area contributed by atoms with Crippen LogP contribution in [0.4, 0.5) is 0 Å². The van der Waals surface area contributed by atoms with Crippen molar-refractivity contribution in [3.8, 4) is 0 Å². The van der Waals surface area contributed by atoms with Gasteiger partial charge in [0.05, 0.1) is 6.54 Å². The van der Waals surface area contributed by atoms with Gasteiger partial charge in [-0.2, -0.15) is 0 Å². The van der Waals surface area contributed by atoms with Crippen molar-refractivity contribution in [1.29, 1.82) is 0 Å². The van der Waals surface area contributed by atoms with E-state index in [1.807, 2.05) is 0 Å². The Morgan fingerprint density at radius 2 is 2.29 bits per heavy atom. The zero-order valence-electron chi connectivity index (χ0n) is 10.7. The zero-order chi connectivity index (χ0) is 12.7. The van der Waals surface area contributed by atoms with Gasteiger partial charge < -0.3 is 16.0 Å². The molecule has 1 saturated heterocycles. The maximum absolute atomic E-state index is 11.5. The number of amides is 2. The van der Waals surface area contributed by atoms with E-state index < -0.39 is 0 Å². The Balaban J connectivity index is 2.20. The smallest absolute Gasteiger partial charge is 0.233 e. The summed E-state index contributed by atoms with van der Waals surface area (Å²) in [7, 11) is 0. The molecule has 0 aromatic carbocycles. The van der Waals surface area contributed by atoms with Crippen LogP contribution in [-0.4, -0.2) is 37.5 Å². The van der Waals surface area contributed by atoms with Crippen molar-refractivity contribution in [2.24, 2.45) is 5.92 Å². The molecule has 17 heavy (non-hydrogen) atoms. The number of hydrogen-bond donors (Lipinski definition) is 3. The lowest BCUT2D eigenvalue weighted by Crippen LogP contribution is -2.41. The maximum atomic E-state index is 11.5. The Morgan fingerprint density at radius 1 is 1.53 bits per heavy atom. The van der Waals surface area contributed by atoms with E-state index >= 15 is 0 Å². The Kier molecular flexibility index (Phi) is 5.97. The molecule has 1 aliphatic heterocycles. The standard InChI is InChI=1S/C12H23N3O2/c1-9(2)7-15-12(17)8-14-10-4-3-5-13-11(16)6-10/h9-10,14H,3-8H2,1-2H3,(H,13,16)(H,15,17). The number of nitrogens with one attached hydrogen (secondary N) is 3. The van der Waals surface area contributed by atoms with Crippen LogP contribution in [0.15, 0.2) is 0 Å². The second-order valence-electron chi connectivity index (χ2n) is 4.97. The van der Waals surface area contributed by atoms with Crippen LogP contribution in [0.5, 0.6) is 0 Å². The lowest BCUT2D eigenvalue weighted by atomic mass is 10.1. The van der Waals surface area contributed by atoms with Crippen molar-refractivity contribution < 1.29 is 9.59 Å². The molecule has 5 heteroatoms. The molecule has 98 valence electrons. The Bertz CT molecular complexity index is 266. The third kappa shape index (κ3) is 6.26. The third-order valence-electron chi connectivity index (χ3n) is 2.74. The summed E-state index contributed by atoms with van der Waals surface area (Å²) >= 11 is 0. The second kappa shape index (κ2) is 7.27. The van der Waals surface area contributed by atoms with Crippen molar-refractivity contribution in [3.63, 3.8) is 0 Å². The first kappa shape index (κ1) is 14.0. The molecule has 1 unspecified atom stereocenters. The Hall–Kier alpha value is -1.10. The first-order valence-electron chi connectivity index (χ1n) is 6.34. The normalized spacial score (nSPS) is 20.9. The molecule has 0 spiro atoms. The van der Waals surface area contributed by atoms with Crippen LogP contribution in [0.3, 0.4) is 0 Å². The van der Waals surface area contributed by atoms with Crippen LogP contribution in [0.2, 0.25) is 0 Å². The molecular formula is C12H23N3O2. The summed E-state index contributed by atoms with van der Waals surface area (Å²) < 4.78 is 0. The molecule has 2 amide bonds. The largest absolute Gasteiger partial charge is 0.356 e. The molecule has 3 N–H and O–H groups in total. The molecule has 1 atom stereocenters. The van der Waals surface area contributed by atoms with Crippen molar-refractivity contribution in [3.05, 3.63) is 0 Å². The van der Waals surface area contributed by atoms with Crippen molar-refractivity contribution >= 4 is 11.8 Å². The van der Waals surface area contributed by atoms with Crippen LogP contribution >= 0.6 is 0 Å². The average Bonchev–Trinajstić information content (AvgIpc) is 2.48. The number of carbonyl (C=O) groups excluding carboxylic acids is 2. The van der Waals surface area contributed by atoms with Crippen molar-refractivity contribution in [1.82, 2.24) is 16.0 Å². The fourth-order valence-corrected chi connectivity index (χ4v) is 1.77. The van der Waals surface area contributed by atoms with Gasteiger partial charge in [-0.25, -0.2) is 0 Å². The van der Waals surface area contributed by atoms with Gasteiger partial charge >= 0.3 is 0 Å². The van der Waals surface area contributed by atoms with Crippen LogP contribution in [0.25, 0.3) is 0 Å². The first-order chi connectivity index (χ1) is 8.08. The average molecular weight is 241 g/mol. The molecule has 0 aromatic heterocycles. The van der Waals surface area contributed by atoms with E-state index in [-0.39, 0.29) is 17.9 Å². The summed E-state index contributed by atoms with van der Waals surface area (Å²) in [5, 5.41) is 8.81. The molecule has 0 bridgehead atoms. The Labute approximate surface area is 103 Å². The van der Waals surface area contributed by atoms with E-state index in [0.29, 0.717) is 25.4 Å². The summed E-state index contributed by atoms with van der Waals surface area (Å²) in [5.74, 6) is 0.536. The zero-order valence-corrected chi connectivity index (χ0v) is 10.7. The summed E-state index contributed by atoms with van der Waals surface area (Å²) in [4.78, 5) is 22.8. The van der Waals surface area contributed by atoms with Crippen LogP contribution < -0.4 is 16.0 Å². The SMILES string of the molecule is CC(C)CNC(=O)CNC1CCCNC(=O)C1. The van der Waals surface area contributed by atoms with Crippen molar-refractivity contribution in [2.75, 3.05) is 19.6 Å². The van der Waals surface area contributed by atoms with E-state index in [0.717, 1.165) is 19.4 Å². The van der Waals surface area contributed by atoms with E-state index in [1.165, 1.54) is 0 Å². The monoisotopic (exact) mass is 241 g/mol. The first-order valence-corrected chi connectivity index (χ1v) is 6.34. The molecule has 0 saturated carbocycles. The molecule has 1 heterocycles. The van der Waals surface area contributed by atoms with Gasteiger partial charge in [-0.15, -0.1) is 0 Å². The summed E-state index contributed by atoms with van der Waals surface area (Å²) in [6.45, 7) is 5.86. The lowest BCUT2D eigenvalue weighted by molar-refractivity contribution is -0.122. The number of hydrogen-bond acceptors (Lipinski definition) is 3. The van der Waals surface area contributed by atoms with Gasteiger partial charge in [0, 0.05) is 25.6 Å². The van der Waals surface area contributed by atoms with Gasteiger partial charge in [-0.3, -0.25) is 9.59 Å². The minimum absolute atomic E-state index is 0.00311. The highest BCUT2D eigenvalue weighted by molar-refractivity contribution is 5.79. The predicted molar refractivity (Wildman–Crippen MR) is 66.5 cm³/mol. The van der Waals surface area contributed by atoms with E-state index in [9.17, 15) is 9.59 Å². The Morgan fingerprint density at radius 3 is 3.00 bits per heavy atom.